The van der Waals surface area contributed by atoms with Crippen LogP contribution >= 0.6 is 0 Å². The maximum atomic E-state index is 2.65. The van der Waals surface area contributed by atoms with E-state index in [-0.39, 0.29) is 0 Å². The molecular formula is C8H18Se2. The Balaban J connectivity index is 2.65. The third-order valence-electron chi connectivity index (χ3n) is 1.57. The fraction of sp³-hybridized carbons (Fsp3) is 1.00. The van der Waals surface area contributed by atoms with E-state index in [9.17, 15) is 0 Å². The van der Waals surface area contributed by atoms with Gasteiger partial charge in [0.25, 0.3) is 0 Å². The molecule has 0 nitrogen and oxygen atoms in total. The molecule has 0 saturated carbocycles. The van der Waals surface area contributed by atoms with Gasteiger partial charge >= 0.3 is 81.2 Å². The Kier molecular flexibility index (Phi) is 11.1. The summed E-state index contributed by atoms with van der Waals surface area (Å²) in [6.45, 7) is 0. The number of hydrogen-bond donors (Lipinski definition) is 0. The molecule has 0 unspecified atom stereocenters. The van der Waals surface area contributed by atoms with Crippen molar-refractivity contribution in [2.24, 2.45) is 0 Å². The standard InChI is InChI=1S/C8H18Se2/c9-7-5-3-1-2-4-6-8-10/h9-10H,1-8H2. The molecule has 0 heterocycles. The van der Waals surface area contributed by atoms with Crippen LogP contribution in [-0.2, 0) is 0 Å². The van der Waals surface area contributed by atoms with Gasteiger partial charge in [-0.15, -0.1) is 0 Å². The van der Waals surface area contributed by atoms with E-state index in [1.54, 1.807) is 0 Å². The summed E-state index contributed by atoms with van der Waals surface area (Å²) in [4.78, 5) is 0. The Morgan fingerprint density at radius 2 is 0.800 bits per heavy atom. The van der Waals surface area contributed by atoms with E-state index in [1.165, 1.54) is 49.2 Å². The average molecular weight is 272 g/mol. The van der Waals surface area contributed by atoms with Crippen molar-refractivity contribution in [3.8, 4) is 0 Å². The molecule has 0 bridgehead atoms. The van der Waals surface area contributed by atoms with Crippen LogP contribution in [0.3, 0.4) is 0 Å². The van der Waals surface area contributed by atoms with Crippen LogP contribution in [0, 0.1) is 0 Å². The Morgan fingerprint density at radius 1 is 0.500 bits per heavy atom. The van der Waals surface area contributed by atoms with E-state index in [4.69, 9.17) is 0 Å². The fourth-order valence-corrected chi connectivity index (χ4v) is 1.87. The van der Waals surface area contributed by atoms with Crippen molar-refractivity contribution in [2.45, 2.75) is 49.2 Å². The Morgan fingerprint density at radius 3 is 1.10 bits per heavy atom. The SMILES string of the molecule is [SeH]CCCCCCCC[SeH]. The summed E-state index contributed by atoms with van der Waals surface area (Å²) >= 11 is 5.31. The van der Waals surface area contributed by atoms with Crippen LogP contribution in [0.25, 0.3) is 0 Å². The predicted octanol–water partition coefficient (Wildman–Crippen LogP) is 1.97. The first-order valence-electron chi connectivity index (χ1n) is 4.13. The number of hydrogen-bond acceptors (Lipinski definition) is 0. The van der Waals surface area contributed by atoms with E-state index >= 15 is 0 Å². The van der Waals surface area contributed by atoms with Crippen LogP contribution in [0.15, 0.2) is 0 Å². The van der Waals surface area contributed by atoms with Gasteiger partial charge in [0.05, 0.1) is 0 Å². The molecule has 0 aliphatic rings. The number of rotatable bonds is 7. The van der Waals surface area contributed by atoms with E-state index in [0.29, 0.717) is 0 Å². The zero-order chi connectivity index (χ0) is 7.66. The van der Waals surface area contributed by atoms with Crippen LogP contribution in [0.4, 0.5) is 0 Å². The average Bonchev–Trinajstić information content (AvgIpc) is 1.97. The first-order chi connectivity index (χ1) is 4.91. The van der Waals surface area contributed by atoms with Gasteiger partial charge in [0, 0.05) is 0 Å². The molecular weight excluding hydrogens is 254 g/mol. The molecule has 0 aromatic heterocycles. The molecule has 0 N–H and O–H groups in total. The van der Waals surface area contributed by atoms with Gasteiger partial charge in [0.15, 0.2) is 0 Å². The van der Waals surface area contributed by atoms with Gasteiger partial charge in [-0.25, -0.2) is 0 Å². The van der Waals surface area contributed by atoms with Crippen LogP contribution in [-0.4, -0.2) is 32.0 Å². The quantitative estimate of drug-likeness (QED) is 0.491. The Bertz CT molecular complexity index is 47.2. The van der Waals surface area contributed by atoms with Crippen molar-refractivity contribution in [1.82, 2.24) is 0 Å². The first kappa shape index (κ1) is 11.0. The van der Waals surface area contributed by atoms with E-state index in [0.717, 1.165) is 0 Å². The summed E-state index contributed by atoms with van der Waals surface area (Å²) in [7, 11) is 0. The molecule has 0 aliphatic carbocycles. The van der Waals surface area contributed by atoms with Gasteiger partial charge in [-0.1, -0.05) is 0 Å². The molecule has 62 valence electrons. The topological polar surface area (TPSA) is 0 Å². The van der Waals surface area contributed by atoms with Crippen molar-refractivity contribution in [3.63, 3.8) is 0 Å². The van der Waals surface area contributed by atoms with E-state index in [2.05, 4.69) is 32.0 Å². The van der Waals surface area contributed by atoms with Crippen molar-refractivity contribution < 1.29 is 0 Å². The molecule has 0 amide bonds. The van der Waals surface area contributed by atoms with Crippen molar-refractivity contribution in [1.29, 1.82) is 0 Å². The van der Waals surface area contributed by atoms with Crippen LogP contribution in [0.2, 0.25) is 10.6 Å². The Hall–Kier alpha value is 1.04. The third-order valence-corrected chi connectivity index (χ3v) is 2.89. The summed E-state index contributed by atoms with van der Waals surface area (Å²) in [6, 6.07) is 0. The minimum atomic E-state index is 1.30. The molecule has 0 aromatic rings. The van der Waals surface area contributed by atoms with E-state index in [1.807, 2.05) is 0 Å². The van der Waals surface area contributed by atoms with Gasteiger partial charge < -0.3 is 0 Å². The predicted molar refractivity (Wildman–Crippen MR) is 51.6 cm³/mol. The fourth-order valence-electron chi connectivity index (χ4n) is 0.931. The molecule has 0 rings (SSSR count). The molecule has 0 aliphatic heterocycles. The minimum absolute atomic E-state index is 1.30. The second kappa shape index (κ2) is 10.0. The van der Waals surface area contributed by atoms with Crippen LogP contribution in [0.1, 0.15) is 38.5 Å². The zero-order valence-electron chi connectivity index (χ0n) is 6.55. The van der Waals surface area contributed by atoms with Gasteiger partial charge in [0.1, 0.15) is 0 Å². The normalized spacial score (nSPS) is 10.2. The number of unbranched alkanes of at least 4 members (excludes halogenated alkanes) is 5. The first-order valence-corrected chi connectivity index (χ1v) is 6.79. The molecule has 0 aromatic carbocycles. The molecule has 0 saturated heterocycles. The maximum absolute atomic E-state index is 2.65. The molecule has 0 fully saturated rings. The zero-order valence-corrected chi connectivity index (χ0v) is 10.3. The van der Waals surface area contributed by atoms with Crippen LogP contribution in [0.5, 0.6) is 0 Å². The second-order valence-electron chi connectivity index (χ2n) is 2.57. The van der Waals surface area contributed by atoms with Gasteiger partial charge in [-0.05, 0) is 0 Å². The molecule has 0 radical (unpaired) electrons. The Labute approximate surface area is 81.2 Å². The summed E-state index contributed by atoms with van der Waals surface area (Å²) < 4.78 is 0. The van der Waals surface area contributed by atoms with Crippen LogP contribution < -0.4 is 0 Å². The monoisotopic (exact) mass is 274 g/mol. The third kappa shape index (κ3) is 9.04. The summed E-state index contributed by atoms with van der Waals surface area (Å²) in [6.07, 6.45) is 8.58. The van der Waals surface area contributed by atoms with Gasteiger partial charge in [0.2, 0.25) is 0 Å². The van der Waals surface area contributed by atoms with Crippen molar-refractivity contribution in [2.75, 3.05) is 0 Å². The van der Waals surface area contributed by atoms with Gasteiger partial charge in [-0.2, -0.15) is 0 Å². The summed E-state index contributed by atoms with van der Waals surface area (Å²) in [5.41, 5.74) is 0. The molecule has 10 heavy (non-hydrogen) atoms. The van der Waals surface area contributed by atoms with Crippen molar-refractivity contribution >= 4 is 32.0 Å². The summed E-state index contributed by atoms with van der Waals surface area (Å²) in [5, 5.41) is 2.61. The van der Waals surface area contributed by atoms with Gasteiger partial charge in [-0.3, -0.25) is 0 Å². The molecule has 0 atom stereocenters. The van der Waals surface area contributed by atoms with Crippen molar-refractivity contribution in [3.05, 3.63) is 0 Å². The summed E-state index contributed by atoms with van der Waals surface area (Å²) in [5.74, 6) is 0. The molecule has 0 spiro atoms. The second-order valence-corrected chi connectivity index (χ2v) is 4.45. The van der Waals surface area contributed by atoms with E-state index < -0.39 is 0 Å². The molecule has 2 heteroatoms.